The Bertz CT molecular complexity index is 288. The van der Waals surface area contributed by atoms with Crippen LogP contribution in [0.1, 0.15) is 55.8 Å². The molecule has 0 bridgehead atoms. The van der Waals surface area contributed by atoms with Crippen molar-refractivity contribution >= 4 is 0 Å². The molecule has 2 N–H and O–H groups in total. The third-order valence-corrected chi connectivity index (χ3v) is 3.32. The SMILES string of the molecule is NCCc1cnoc1C1CCCCCC1. The Kier molecular flexibility index (Phi) is 3.78. The summed E-state index contributed by atoms with van der Waals surface area (Å²) in [7, 11) is 0. The normalized spacial score (nSPS) is 19.0. The van der Waals surface area contributed by atoms with Crippen LogP contribution in [-0.2, 0) is 6.42 Å². The van der Waals surface area contributed by atoms with Gasteiger partial charge in [0.1, 0.15) is 5.76 Å². The summed E-state index contributed by atoms with van der Waals surface area (Å²) in [5, 5.41) is 3.92. The van der Waals surface area contributed by atoms with E-state index in [1.54, 1.807) is 0 Å². The third-order valence-electron chi connectivity index (χ3n) is 3.32. The van der Waals surface area contributed by atoms with Crippen LogP contribution in [0, 0.1) is 0 Å². The monoisotopic (exact) mass is 208 g/mol. The highest BCUT2D eigenvalue weighted by Gasteiger charge is 2.20. The van der Waals surface area contributed by atoms with Gasteiger partial charge in [-0.05, 0) is 25.8 Å². The fraction of sp³-hybridized carbons (Fsp3) is 0.750. The van der Waals surface area contributed by atoms with Crippen LogP contribution in [0.4, 0.5) is 0 Å². The minimum absolute atomic E-state index is 0.594. The first-order valence-electron chi connectivity index (χ1n) is 6.05. The van der Waals surface area contributed by atoms with Crippen molar-refractivity contribution in [3.8, 4) is 0 Å². The molecule has 1 saturated carbocycles. The Balaban J connectivity index is 2.08. The van der Waals surface area contributed by atoms with Gasteiger partial charge in [0.2, 0.25) is 0 Å². The second-order valence-corrected chi connectivity index (χ2v) is 4.44. The van der Waals surface area contributed by atoms with Crippen molar-refractivity contribution in [3.63, 3.8) is 0 Å². The van der Waals surface area contributed by atoms with Crippen LogP contribution in [0.2, 0.25) is 0 Å². The molecule has 0 aromatic carbocycles. The second-order valence-electron chi connectivity index (χ2n) is 4.44. The van der Waals surface area contributed by atoms with E-state index in [0.29, 0.717) is 12.5 Å². The summed E-state index contributed by atoms with van der Waals surface area (Å²) < 4.78 is 5.41. The number of aromatic nitrogens is 1. The largest absolute Gasteiger partial charge is 0.361 e. The zero-order chi connectivity index (χ0) is 10.5. The van der Waals surface area contributed by atoms with Gasteiger partial charge < -0.3 is 10.3 Å². The minimum Gasteiger partial charge on any atom is -0.361 e. The zero-order valence-corrected chi connectivity index (χ0v) is 9.24. The maximum atomic E-state index is 5.58. The highest BCUT2D eigenvalue weighted by atomic mass is 16.5. The van der Waals surface area contributed by atoms with Gasteiger partial charge in [-0.25, -0.2) is 0 Å². The van der Waals surface area contributed by atoms with E-state index in [2.05, 4.69) is 5.16 Å². The lowest BCUT2D eigenvalue weighted by Gasteiger charge is -2.11. The average molecular weight is 208 g/mol. The Morgan fingerprint density at radius 1 is 1.27 bits per heavy atom. The first-order valence-corrected chi connectivity index (χ1v) is 6.05. The van der Waals surface area contributed by atoms with Crippen LogP contribution in [0.15, 0.2) is 10.7 Å². The quantitative estimate of drug-likeness (QED) is 0.777. The molecule has 1 aliphatic carbocycles. The van der Waals surface area contributed by atoms with E-state index in [1.165, 1.54) is 44.1 Å². The Morgan fingerprint density at radius 2 is 2.00 bits per heavy atom. The van der Waals surface area contributed by atoms with E-state index in [-0.39, 0.29) is 0 Å². The molecule has 1 aromatic heterocycles. The highest BCUT2D eigenvalue weighted by Crippen LogP contribution is 2.33. The summed E-state index contributed by atoms with van der Waals surface area (Å²) in [4.78, 5) is 0. The second kappa shape index (κ2) is 5.31. The highest BCUT2D eigenvalue weighted by molar-refractivity contribution is 5.18. The lowest BCUT2D eigenvalue weighted by molar-refractivity contribution is 0.345. The van der Waals surface area contributed by atoms with Gasteiger partial charge in [0, 0.05) is 11.5 Å². The van der Waals surface area contributed by atoms with Crippen molar-refractivity contribution in [2.45, 2.75) is 50.9 Å². The van der Waals surface area contributed by atoms with Gasteiger partial charge in [0.05, 0.1) is 6.20 Å². The number of rotatable bonds is 3. The van der Waals surface area contributed by atoms with Crippen molar-refractivity contribution in [3.05, 3.63) is 17.5 Å². The first kappa shape index (κ1) is 10.7. The van der Waals surface area contributed by atoms with Gasteiger partial charge in [0.25, 0.3) is 0 Å². The van der Waals surface area contributed by atoms with E-state index in [0.717, 1.165) is 12.2 Å². The predicted molar refractivity (Wildman–Crippen MR) is 59.7 cm³/mol. The van der Waals surface area contributed by atoms with E-state index in [1.807, 2.05) is 6.20 Å². The molecule has 0 spiro atoms. The molecular weight excluding hydrogens is 188 g/mol. The summed E-state index contributed by atoms with van der Waals surface area (Å²) in [6, 6.07) is 0. The van der Waals surface area contributed by atoms with Crippen LogP contribution in [0.3, 0.4) is 0 Å². The molecule has 0 atom stereocenters. The fourth-order valence-corrected chi connectivity index (χ4v) is 2.49. The Morgan fingerprint density at radius 3 is 2.67 bits per heavy atom. The van der Waals surface area contributed by atoms with Crippen molar-refractivity contribution < 1.29 is 4.52 Å². The maximum Gasteiger partial charge on any atom is 0.143 e. The first-order chi connectivity index (χ1) is 7.42. The summed E-state index contributed by atoms with van der Waals surface area (Å²) in [5.74, 6) is 1.71. The molecule has 1 aromatic rings. The van der Waals surface area contributed by atoms with Gasteiger partial charge in [-0.15, -0.1) is 0 Å². The van der Waals surface area contributed by atoms with E-state index >= 15 is 0 Å². The van der Waals surface area contributed by atoms with Crippen LogP contribution in [0.5, 0.6) is 0 Å². The van der Waals surface area contributed by atoms with Crippen molar-refractivity contribution in [1.82, 2.24) is 5.16 Å². The molecule has 0 aliphatic heterocycles. The van der Waals surface area contributed by atoms with Crippen LogP contribution in [-0.4, -0.2) is 11.7 Å². The summed E-state index contributed by atoms with van der Waals surface area (Å²) >= 11 is 0. The minimum atomic E-state index is 0.594. The van der Waals surface area contributed by atoms with Gasteiger partial charge in [-0.2, -0.15) is 0 Å². The smallest absolute Gasteiger partial charge is 0.143 e. The standard InChI is InChI=1S/C12H20N2O/c13-8-7-11-9-14-15-12(11)10-5-3-1-2-4-6-10/h9-10H,1-8,13H2. The predicted octanol–water partition coefficient (Wildman–Crippen LogP) is 2.61. The summed E-state index contributed by atoms with van der Waals surface area (Å²) in [6.45, 7) is 0.681. The molecule has 0 unspecified atom stereocenters. The van der Waals surface area contributed by atoms with Crippen LogP contribution in [0.25, 0.3) is 0 Å². The van der Waals surface area contributed by atoms with E-state index in [9.17, 15) is 0 Å². The molecule has 15 heavy (non-hydrogen) atoms. The Labute approximate surface area is 91.0 Å². The zero-order valence-electron chi connectivity index (χ0n) is 9.24. The van der Waals surface area contributed by atoms with E-state index in [4.69, 9.17) is 10.3 Å². The summed E-state index contributed by atoms with van der Waals surface area (Å²) in [5.41, 5.74) is 6.81. The molecular formula is C12H20N2O. The maximum absolute atomic E-state index is 5.58. The lowest BCUT2D eigenvalue weighted by Crippen LogP contribution is -2.06. The average Bonchev–Trinajstić information content (AvgIpc) is 2.53. The number of nitrogens with two attached hydrogens (primary N) is 1. The van der Waals surface area contributed by atoms with Crippen molar-refractivity contribution in [2.24, 2.45) is 5.73 Å². The van der Waals surface area contributed by atoms with Gasteiger partial charge >= 0.3 is 0 Å². The molecule has 3 heteroatoms. The van der Waals surface area contributed by atoms with Gasteiger partial charge in [0.15, 0.2) is 0 Å². The van der Waals surface area contributed by atoms with E-state index < -0.39 is 0 Å². The molecule has 2 rings (SSSR count). The molecule has 1 heterocycles. The summed E-state index contributed by atoms with van der Waals surface area (Å²) in [6.07, 6.45) is 10.6. The third kappa shape index (κ3) is 2.59. The number of hydrogen-bond donors (Lipinski definition) is 1. The van der Waals surface area contributed by atoms with Crippen molar-refractivity contribution in [2.75, 3.05) is 6.54 Å². The van der Waals surface area contributed by atoms with Crippen LogP contribution < -0.4 is 5.73 Å². The molecule has 3 nitrogen and oxygen atoms in total. The fourth-order valence-electron chi connectivity index (χ4n) is 2.49. The molecule has 0 saturated heterocycles. The van der Waals surface area contributed by atoms with Crippen LogP contribution >= 0.6 is 0 Å². The topological polar surface area (TPSA) is 52.0 Å². The molecule has 0 radical (unpaired) electrons. The molecule has 1 aliphatic rings. The number of nitrogens with zero attached hydrogens (tertiary/aromatic N) is 1. The lowest BCUT2D eigenvalue weighted by atomic mass is 9.94. The van der Waals surface area contributed by atoms with Gasteiger partial charge in [-0.3, -0.25) is 0 Å². The number of hydrogen-bond acceptors (Lipinski definition) is 3. The van der Waals surface area contributed by atoms with Gasteiger partial charge in [-0.1, -0.05) is 30.8 Å². The molecule has 0 amide bonds. The van der Waals surface area contributed by atoms with Crippen molar-refractivity contribution in [1.29, 1.82) is 0 Å². The Hall–Kier alpha value is -0.830. The molecule has 1 fully saturated rings. The molecule has 84 valence electrons.